The average Bonchev–Trinajstić information content (AvgIpc) is 2.61. The summed E-state index contributed by atoms with van der Waals surface area (Å²) < 4.78 is 0. The summed E-state index contributed by atoms with van der Waals surface area (Å²) in [5.41, 5.74) is 2.76. The average molecular weight is 282 g/mol. The first-order valence-electron chi connectivity index (χ1n) is 7.80. The minimum Gasteiger partial charge on any atom is -0.0622 e. The Labute approximate surface area is 131 Å². The van der Waals surface area contributed by atoms with Gasteiger partial charge in [-0.05, 0) is 32.7 Å². The van der Waals surface area contributed by atoms with Gasteiger partial charge in [0.1, 0.15) is 0 Å². The minimum atomic E-state index is 0.395. The molecule has 0 amide bonds. The quantitative estimate of drug-likeness (QED) is 0.387. The molecule has 0 spiro atoms. The van der Waals surface area contributed by atoms with Crippen LogP contribution in [0.15, 0.2) is 84.9 Å². The largest absolute Gasteiger partial charge is 0.0622 e. The Morgan fingerprint density at radius 2 is 1.27 bits per heavy atom. The maximum atomic E-state index is 2.29. The van der Waals surface area contributed by atoms with Gasteiger partial charge in [0, 0.05) is 5.92 Å². The van der Waals surface area contributed by atoms with E-state index >= 15 is 0 Å². The van der Waals surface area contributed by atoms with Gasteiger partial charge in [0.15, 0.2) is 0 Å². The Hall–Kier alpha value is -2.60. The summed E-state index contributed by atoms with van der Waals surface area (Å²) in [5.74, 6) is 0.395. The van der Waals surface area contributed by atoms with Crippen molar-refractivity contribution in [1.29, 1.82) is 0 Å². The normalized spacial score (nSPS) is 12.6. The van der Waals surface area contributed by atoms with Crippen LogP contribution in [0.1, 0.15) is 24.0 Å². The third-order valence-electron chi connectivity index (χ3n) is 4.59. The highest BCUT2D eigenvalue weighted by Gasteiger charge is 2.12. The van der Waals surface area contributed by atoms with Gasteiger partial charge in [-0.2, -0.15) is 0 Å². The van der Waals surface area contributed by atoms with Gasteiger partial charge in [-0.25, -0.2) is 0 Å². The zero-order valence-corrected chi connectivity index (χ0v) is 12.7. The smallest absolute Gasteiger partial charge is 0.00671 e. The zero-order valence-electron chi connectivity index (χ0n) is 12.7. The van der Waals surface area contributed by atoms with E-state index in [2.05, 4.69) is 91.9 Å². The topological polar surface area (TPSA) is 0 Å². The van der Waals surface area contributed by atoms with Gasteiger partial charge in [0.25, 0.3) is 0 Å². The second-order valence-corrected chi connectivity index (χ2v) is 5.86. The molecule has 1 atom stereocenters. The SMILES string of the molecule is CC(c1ccccc1)c1cccc2c1ccc1ccccc12. The molecule has 106 valence electrons. The Morgan fingerprint density at radius 1 is 0.545 bits per heavy atom. The monoisotopic (exact) mass is 282 g/mol. The zero-order chi connectivity index (χ0) is 14.9. The molecule has 1 unspecified atom stereocenters. The summed E-state index contributed by atoms with van der Waals surface area (Å²) in [7, 11) is 0. The van der Waals surface area contributed by atoms with Crippen LogP contribution in [0.5, 0.6) is 0 Å². The molecule has 0 aliphatic carbocycles. The van der Waals surface area contributed by atoms with E-state index in [9.17, 15) is 0 Å². The van der Waals surface area contributed by atoms with Crippen LogP contribution in [0.4, 0.5) is 0 Å². The first-order chi connectivity index (χ1) is 10.8. The van der Waals surface area contributed by atoms with Gasteiger partial charge in [-0.3, -0.25) is 0 Å². The van der Waals surface area contributed by atoms with Crippen molar-refractivity contribution in [3.63, 3.8) is 0 Å². The van der Waals surface area contributed by atoms with E-state index in [0.717, 1.165) is 0 Å². The van der Waals surface area contributed by atoms with Crippen molar-refractivity contribution in [3.8, 4) is 0 Å². The first-order valence-corrected chi connectivity index (χ1v) is 7.80. The van der Waals surface area contributed by atoms with Crippen molar-refractivity contribution in [2.75, 3.05) is 0 Å². The van der Waals surface area contributed by atoms with Crippen LogP contribution < -0.4 is 0 Å². The number of fused-ring (bicyclic) bond motifs is 3. The fourth-order valence-corrected chi connectivity index (χ4v) is 3.36. The van der Waals surface area contributed by atoms with Crippen LogP contribution in [0.3, 0.4) is 0 Å². The van der Waals surface area contributed by atoms with Crippen LogP contribution in [0.25, 0.3) is 21.5 Å². The lowest BCUT2D eigenvalue weighted by Gasteiger charge is -2.16. The summed E-state index contributed by atoms with van der Waals surface area (Å²) in [4.78, 5) is 0. The minimum absolute atomic E-state index is 0.395. The van der Waals surface area contributed by atoms with E-state index in [1.165, 1.54) is 32.7 Å². The summed E-state index contributed by atoms with van der Waals surface area (Å²) in [6.45, 7) is 2.29. The van der Waals surface area contributed by atoms with Crippen molar-refractivity contribution in [2.24, 2.45) is 0 Å². The van der Waals surface area contributed by atoms with Gasteiger partial charge in [-0.1, -0.05) is 91.9 Å². The van der Waals surface area contributed by atoms with Crippen LogP contribution in [0.2, 0.25) is 0 Å². The highest BCUT2D eigenvalue weighted by molar-refractivity contribution is 6.08. The molecular formula is C22H18. The van der Waals surface area contributed by atoms with E-state index in [-0.39, 0.29) is 0 Å². The summed E-state index contributed by atoms with van der Waals surface area (Å²) in [5, 5.41) is 5.34. The third kappa shape index (κ3) is 2.08. The summed E-state index contributed by atoms with van der Waals surface area (Å²) >= 11 is 0. The third-order valence-corrected chi connectivity index (χ3v) is 4.59. The highest BCUT2D eigenvalue weighted by atomic mass is 14.2. The van der Waals surface area contributed by atoms with Gasteiger partial charge in [0.05, 0.1) is 0 Å². The fraction of sp³-hybridized carbons (Fsp3) is 0.0909. The number of benzene rings is 4. The van der Waals surface area contributed by atoms with Crippen molar-refractivity contribution in [1.82, 2.24) is 0 Å². The molecule has 22 heavy (non-hydrogen) atoms. The van der Waals surface area contributed by atoms with Crippen LogP contribution >= 0.6 is 0 Å². The lowest BCUT2D eigenvalue weighted by molar-refractivity contribution is 0.933. The molecule has 0 bridgehead atoms. The second kappa shape index (κ2) is 5.31. The van der Waals surface area contributed by atoms with Crippen LogP contribution in [0, 0.1) is 0 Å². The maximum Gasteiger partial charge on any atom is 0.00671 e. The fourth-order valence-electron chi connectivity index (χ4n) is 3.36. The lowest BCUT2D eigenvalue weighted by Crippen LogP contribution is -1.97. The lowest BCUT2D eigenvalue weighted by atomic mass is 9.88. The van der Waals surface area contributed by atoms with E-state index < -0.39 is 0 Å². The molecule has 0 nitrogen and oxygen atoms in total. The Balaban J connectivity index is 1.97. The molecule has 0 heteroatoms. The molecule has 4 rings (SSSR count). The summed E-state index contributed by atoms with van der Waals surface area (Å²) in [6.07, 6.45) is 0. The standard InChI is InChI=1S/C22H18/c1-16(17-8-3-2-4-9-17)19-12-7-13-21-20-11-6-5-10-18(20)14-15-22(19)21/h2-16H,1H3. The molecule has 0 saturated carbocycles. The molecule has 0 aliphatic rings. The number of rotatable bonds is 2. The van der Waals surface area contributed by atoms with Crippen molar-refractivity contribution < 1.29 is 0 Å². The van der Waals surface area contributed by atoms with Gasteiger partial charge < -0.3 is 0 Å². The Bertz CT molecular complexity index is 936. The number of hydrogen-bond donors (Lipinski definition) is 0. The van der Waals surface area contributed by atoms with E-state index in [0.29, 0.717) is 5.92 Å². The van der Waals surface area contributed by atoms with Gasteiger partial charge >= 0.3 is 0 Å². The molecule has 4 aromatic carbocycles. The van der Waals surface area contributed by atoms with E-state index in [1.54, 1.807) is 0 Å². The predicted molar refractivity (Wildman–Crippen MR) is 95.4 cm³/mol. The molecule has 0 N–H and O–H groups in total. The predicted octanol–water partition coefficient (Wildman–Crippen LogP) is 6.14. The highest BCUT2D eigenvalue weighted by Crippen LogP contribution is 2.33. The maximum absolute atomic E-state index is 2.29. The second-order valence-electron chi connectivity index (χ2n) is 5.86. The van der Waals surface area contributed by atoms with Crippen molar-refractivity contribution in [2.45, 2.75) is 12.8 Å². The van der Waals surface area contributed by atoms with Crippen molar-refractivity contribution >= 4 is 21.5 Å². The summed E-state index contributed by atoms with van der Waals surface area (Å²) in [6, 6.07) is 30.5. The van der Waals surface area contributed by atoms with Gasteiger partial charge in [0.2, 0.25) is 0 Å². The molecule has 0 fully saturated rings. The first kappa shape index (κ1) is 13.1. The van der Waals surface area contributed by atoms with Crippen LogP contribution in [-0.4, -0.2) is 0 Å². The Kier molecular flexibility index (Phi) is 3.16. The van der Waals surface area contributed by atoms with E-state index in [4.69, 9.17) is 0 Å². The molecule has 0 radical (unpaired) electrons. The molecule has 0 aliphatic heterocycles. The molecular weight excluding hydrogens is 264 g/mol. The van der Waals surface area contributed by atoms with Crippen molar-refractivity contribution in [3.05, 3.63) is 96.1 Å². The van der Waals surface area contributed by atoms with E-state index in [1.807, 2.05) is 0 Å². The number of hydrogen-bond acceptors (Lipinski definition) is 0. The Morgan fingerprint density at radius 3 is 2.14 bits per heavy atom. The molecule has 4 aromatic rings. The van der Waals surface area contributed by atoms with Gasteiger partial charge in [-0.15, -0.1) is 0 Å². The molecule has 0 saturated heterocycles. The molecule has 0 heterocycles. The molecule has 0 aromatic heterocycles. The van der Waals surface area contributed by atoms with Crippen LogP contribution in [-0.2, 0) is 0 Å².